The van der Waals surface area contributed by atoms with Gasteiger partial charge < -0.3 is 9.64 Å². The number of aromatic nitrogens is 1. The van der Waals surface area contributed by atoms with Crippen LogP contribution in [-0.2, 0) is 19.6 Å². The van der Waals surface area contributed by atoms with Crippen molar-refractivity contribution in [2.45, 2.75) is 124 Å². The first-order chi connectivity index (χ1) is 21.0. The quantitative estimate of drug-likeness (QED) is 0.0894. The molecule has 0 spiro atoms. The third-order valence-corrected chi connectivity index (χ3v) is 8.44. The summed E-state index contributed by atoms with van der Waals surface area (Å²) >= 11 is 6.45. The lowest BCUT2D eigenvalue weighted by molar-refractivity contribution is -0.697. The Labute approximate surface area is 266 Å². The summed E-state index contributed by atoms with van der Waals surface area (Å²) in [6.07, 6.45) is 21.3. The predicted octanol–water partition coefficient (Wildman–Crippen LogP) is 10.3. The zero-order valence-corrected chi connectivity index (χ0v) is 27.7. The van der Waals surface area contributed by atoms with Gasteiger partial charge in [-0.15, -0.1) is 0 Å². The van der Waals surface area contributed by atoms with Gasteiger partial charge in [0.2, 0.25) is 0 Å². The second kappa shape index (κ2) is 20.2. The smallest absolute Gasteiger partial charge is 0.255 e. The van der Waals surface area contributed by atoms with E-state index in [1.54, 1.807) is 12.1 Å². The van der Waals surface area contributed by atoms with Gasteiger partial charge in [0.25, 0.3) is 5.91 Å². The number of amides is 1. The van der Waals surface area contributed by atoms with Gasteiger partial charge in [0.1, 0.15) is 12.3 Å². The van der Waals surface area contributed by atoms with E-state index in [0.717, 1.165) is 48.4 Å². The first-order valence-electron chi connectivity index (χ1n) is 16.8. The third kappa shape index (κ3) is 12.7. The highest BCUT2D eigenvalue weighted by Crippen LogP contribution is 2.23. The Balaban J connectivity index is 1.50. The second-order valence-corrected chi connectivity index (χ2v) is 12.3. The van der Waals surface area contributed by atoms with Crippen molar-refractivity contribution >= 4 is 17.5 Å². The molecule has 0 aliphatic rings. The van der Waals surface area contributed by atoms with Crippen LogP contribution in [0.25, 0.3) is 0 Å². The van der Waals surface area contributed by atoms with Crippen molar-refractivity contribution in [3.05, 3.63) is 94.3 Å². The summed E-state index contributed by atoms with van der Waals surface area (Å²) in [5, 5.41) is 0.477. The molecule has 0 fully saturated rings. The number of carbonyl (C=O) groups excluding carboxylic acids is 1. The molecule has 4 nitrogen and oxygen atoms in total. The highest BCUT2D eigenvalue weighted by Gasteiger charge is 2.21. The molecule has 3 aromatic rings. The Morgan fingerprint density at radius 3 is 2.12 bits per heavy atom. The number of pyridine rings is 1. The molecule has 3 rings (SSSR count). The first kappa shape index (κ1) is 34.6. The summed E-state index contributed by atoms with van der Waals surface area (Å²) in [6, 6.07) is 17.7. The number of unbranched alkanes of at least 4 members (excludes halogenated alkanes) is 11. The van der Waals surface area contributed by atoms with E-state index in [1.165, 1.54) is 70.6 Å². The minimum atomic E-state index is -0.0665. The van der Waals surface area contributed by atoms with E-state index in [-0.39, 0.29) is 5.91 Å². The van der Waals surface area contributed by atoms with Gasteiger partial charge in [-0.25, -0.2) is 4.57 Å². The number of ether oxygens (including phenoxy) is 1. The number of hydrogen-bond acceptors (Lipinski definition) is 2. The van der Waals surface area contributed by atoms with Gasteiger partial charge in [0.05, 0.1) is 23.7 Å². The maximum atomic E-state index is 13.7. The van der Waals surface area contributed by atoms with E-state index < -0.39 is 0 Å². The average Bonchev–Trinajstić information content (AvgIpc) is 3.00. The van der Waals surface area contributed by atoms with E-state index in [0.29, 0.717) is 23.7 Å². The summed E-state index contributed by atoms with van der Waals surface area (Å²) in [5.74, 6) is 0.833. The fourth-order valence-electron chi connectivity index (χ4n) is 5.57. The molecule has 0 saturated heterocycles. The molecule has 1 heterocycles. The third-order valence-electron chi connectivity index (χ3n) is 8.11. The Morgan fingerprint density at radius 1 is 0.791 bits per heavy atom. The van der Waals surface area contributed by atoms with Crippen LogP contribution in [0.3, 0.4) is 0 Å². The molecule has 0 aliphatic heterocycles. The molecule has 0 atom stereocenters. The van der Waals surface area contributed by atoms with Crippen molar-refractivity contribution in [2.24, 2.45) is 0 Å². The zero-order chi connectivity index (χ0) is 30.7. The number of nitrogens with zero attached hydrogens (tertiary/aromatic N) is 2. The Hall–Kier alpha value is -2.85. The number of hydrogen-bond donors (Lipinski definition) is 0. The van der Waals surface area contributed by atoms with E-state index >= 15 is 0 Å². The van der Waals surface area contributed by atoms with Crippen LogP contribution >= 0.6 is 11.6 Å². The van der Waals surface area contributed by atoms with E-state index in [4.69, 9.17) is 16.3 Å². The monoisotopic (exact) mass is 605 g/mol. The normalized spacial score (nSPS) is 11.1. The topological polar surface area (TPSA) is 33.4 Å². The molecule has 0 aliphatic carbocycles. The van der Waals surface area contributed by atoms with Crippen molar-refractivity contribution in [1.82, 2.24) is 4.90 Å². The maximum absolute atomic E-state index is 13.7. The van der Waals surface area contributed by atoms with Gasteiger partial charge in [-0.1, -0.05) is 114 Å². The average molecular weight is 606 g/mol. The second-order valence-electron chi connectivity index (χ2n) is 11.9. The molecule has 2 aromatic carbocycles. The Bertz CT molecular complexity index is 1230. The molecule has 0 unspecified atom stereocenters. The highest BCUT2D eigenvalue weighted by molar-refractivity contribution is 6.33. The van der Waals surface area contributed by atoms with Crippen molar-refractivity contribution < 1.29 is 14.1 Å². The lowest BCUT2D eigenvalue weighted by atomic mass is 10.1. The minimum absolute atomic E-state index is 0.0665. The lowest BCUT2D eigenvalue weighted by Crippen LogP contribution is -2.35. The van der Waals surface area contributed by atoms with Gasteiger partial charge in [0, 0.05) is 24.6 Å². The van der Waals surface area contributed by atoms with Crippen LogP contribution in [0.4, 0.5) is 0 Å². The van der Waals surface area contributed by atoms with Crippen molar-refractivity contribution in [3.63, 3.8) is 0 Å². The summed E-state index contributed by atoms with van der Waals surface area (Å²) in [7, 11) is 0. The number of halogens is 1. The van der Waals surface area contributed by atoms with Crippen LogP contribution in [-0.4, -0.2) is 17.4 Å². The van der Waals surface area contributed by atoms with Gasteiger partial charge in [-0.3, -0.25) is 4.79 Å². The molecule has 43 heavy (non-hydrogen) atoms. The zero-order valence-electron chi connectivity index (χ0n) is 27.0. The highest BCUT2D eigenvalue weighted by atomic mass is 35.5. The minimum Gasteiger partial charge on any atom is -0.494 e. The standard InChI is InChI=1S/C38H54ClN2O2/c1-4-6-7-8-9-10-11-12-13-14-15-18-27-43-35-24-23-34(32(3)28-35)31-41(38(42)36-21-16-17-22-37(36)39)30-33-20-19-26-40(29-33)25-5-2/h16-17,19-24,26,28-29H,4-15,18,25,27,30-31H2,1-3H3/q+1. The summed E-state index contributed by atoms with van der Waals surface area (Å²) < 4.78 is 8.28. The van der Waals surface area contributed by atoms with Crippen molar-refractivity contribution in [3.8, 4) is 5.75 Å². The van der Waals surface area contributed by atoms with E-state index in [9.17, 15) is 4.79 Å². The Morgan fingerprint density at radius 2 is 1.47 bits per heavy atom. The van der Waals surface area contributed by atoms with Crippen LogP contribution in [0.2, 0.25) is 5.02 Å². The van der Waals surface area contributed by atoms with Gasteiger partial charge in [-0.2, -0.15) is 0 Å². The van der Waals surface area contributed by atoms with Crippen LogP contribution in [0, 0.1) is 6.92 Å². The van der Waals surface area contributed by atoms with Crippen molar-refractivity contribution in [2.75, 3.05) is 6.61 Å². The summed E-state index contributed by atoms with van der Waals surface area (Å²) in [5.41, 5.74) is 3.85. The summed E-state index contributed by atoms with van der Waals surface area (Å²) in [6.45, 7) is 9.25. The lowest BCUT2D eigenvalue weighted by Gasteiger charge is -2.24. The largest absolute Gasteiger partial charge is 0.494 e. The predicted molar refractivity (Wildman–Crippen MR) is 180 cm³/mol. The number of benzene rings is 2. The van der Waals surface area contributed by atoms with Gasteiger partial charge >= 0.3 is 0 Å². The first-order valence-corrected chi connectivity index (χ1v) is 17.1. The number of rotatable bonds is 21. The fourth-order valence-corrected chi connectivity index (χ4v) is 5.78. The van der Waals surface area contributed by atoms with Crippen LogP contribution < -0.4 is 9.30 Å². The van der Waals surface area contributed by atoms with Crippen molar-refractivity contribution in [1.29, 1.82) is 0 Å². The molecule has 0 N–H and O–H groups in total. The van der Waals surface area contributed by atoms with Crippen LogP contribution in [0.1, 0.15) is 124 Å². The van der Waals surface area contributed by atoms with E-state index in [1.807, 2.05) is 23.1 Å². The molecule has 5 heteroatoms. The SMILES string of the molecule is CCCCCCCCCCCCCCOc1ccc(CN(Cc2ccc[n+](CCC)c2)C(=O)c2ccccc2Cl)c(C)c1. The molecule has 1 amide bonds. The van der Waals surface area contributed by atoms with Crippen LogP contribution in [0.15, 0.2) is 67.0 Å². The molecule has 1 aromatic heterocycles. The number of aryl methyl sites for hydroxylation is 2. The molecule has 0 bridgehead atoms. The van der Waals surface area contributed by atoms with Gasteiger partial charge in [-0.05, 0) is 54.8 Å². The fraction of sp³-hybridized carbons (Fsp3) is 0.526. The van der Waals surface area contributed by atoms with Gasteiger partial charge in [0.15, 0.2) is 12.4 Å². The molecule has 234 valence electrons. The number of carbonyl (C=O) groups is 1. The van der Waals surface area contributed by atoms with E-state index in [2.05, 4.69) is 62.0 Å². The molecule has 0 saturated carbocycles. The molecular weight excluding hydrogens is 552 g/mol. The maximum Gasteiger partial charge on any atom is 0.255 e. The molecule has 0 radical (unpaired) electrons. The molecular formula is C38H54ClN2O2+. The van der Waals surface area contributed by atoms with Crippen LogP contribution in [0.5, 0.6) is 5.75 Å². The summed E-state index contributed by atoms with van der Waals surface area (Å²) in [4.78, 5) is 15.6. The Kier molecular flexibility index (Phi) is 16.2.